The molecule has 0 spiro atoms. The molecular formula is C14H24BrN3O2S. The number of halogens is 1. The maximum atomic E-state index is 11.4. The zero-order valence-corrected chi connectivity index (χ0v) is 15.3. The summed E-state index contributed by atoms with van der Waals surface area (Å²) in [6, 6.07) is -0.525. The van der Waals surface area contributed by atoms with E-state index < -0.39 is 6.04 Å². The molecule has 0 aromatic carbocycles. The summed E-state index contributed by atoms with van der Waals surface area (Å²) in [7, 11) is 0. The van der Waals surface area contributed by atoms with E-state index in [1.165, 1.54) is 5.69 Å². The second-order valence-corrected chi connectivity index (χ2v) is 6.47. The van der Waals surface area contributed by atoms with E-state index in [1.54, 1.807) is 18.7 Å². The van der Waals surface area contributed by atoms with E-state index in [4.69, 9.17) is 10.5 Å². The molecule has 0 aliphatic heterocycles. The van der Waals surface area contributed by atoms with Gasteiger partial charge in [0.2, 0.25) is 0 Å². The number of esters is 1. The number of hydrogen-bond acceptors (Lipinski definition) is 5. The quantitative estimate of drug-likeness (QED) is 0.529. The van der Waals surface area contributed by atoms with Gasteiger partial charge < -0.3 is 10.5 Å². The van der Waals surface area contributed by atoms with Crippen LogP contribution in [-0.4, -0.2) is 34.2 Å². The van der Waals surface area contributed by atoms with Crippen molar-refractivity contribution in [2.45, 2.75) is 52.0 Å². The molecule has 1 aromatic heterocycles. The zero-order chi connectivity index (χ0) is 15.8. The fraction of sp³-hybridized carbons (Fsp3) is 0.714. The summed E-state index contributed by atoms with van der Waals surface area (Å²) >= 11 is 5.39. The Morgan fingerprint density at radius 1 is 1.48 bits per heavy atom. The molecule has 2 N–H and O–H groups in total. The van der Waals surface area contributed by atoms with Gasteiger partial charge in [0.05, 0.1) is 22.5 Å². The van der Waals surface area contributed by atoms with E-state index >= 15 is 0 Å². The SMILES string of the molecule is CCOC(=O)C(N)CCSCc1c(Br)c(CC)nn1CC. The van der Waals surface area contributed by atoms with Crippen LogP contribution in [0, 0.1) is 0 Å². The highest BCUT2D eigenvalue weighted by atomic mass is 79.9. The first kappa shape index (κ1) is 18.5. The number of ether oxygens (including phenoxy) is 1. The first-order valence-corrected chi connectivity index (χ1v) is 9.23. The molecule has 0 aliphatic carbocycles. The number of aryl methyl sites for hydroxylation is 2. The summed E-state index contributed by atoms with van der Waals surface area (Å²) in [5, 5.41) is 4.57. The molecule has 0 bridgehead atoms. The van der Waals surface area contributed by atoms with Crippen molar-refractivity contribution in [3.63, 3.8) is 0 Å². The number of nitrogens with two attached hydrogens (primary N) is 1. The van der Waals surface area contributed by atoms with Crippen molar-refractivity contribution < 1.29 is 9.53 Å². The van der Waals surface area contributed by atoms with Crippen LogP contribution in [0.5, 0.6) is 0 Å². The predicted octanol–water partition coefficient (Wildman–Crippen LogP) is 2.74. The third-order valence-corrected chi connectivity index (χ3v) is 5.01. The van der Waals surface area contributed by atoms with E-state index in [9.17, 15) is 4.79 Å². The van der Waals surface area contributed by atoms with Crippen molar-refractivity contribution in [1.82, 2.24) is 9.78 Å². The lowest BCUT2D eigenvalue weighted by atomic mass is 10.2. The maximum Gasteiger partial charge on any atom is 0.322 e. The van der Waals surface area contributed by atoms with E-state index in [0.29, 0.717) is 13.0 Å². The Morgan fingerprint density at radius 2 is 2.19 bits per heavy atom. The second kappa shape index (κ2) is 9.48. The molecule has 1 rings (SSSR count). The number of rotatable bonds is 9. The highest BCUT2D eigenvalue weighted by Crippen LogP contribution is 2.26. The van der Waals surface area contributed by atoms with Gasteiger partial charge in [-0.15, -0.1) is 0 Å². The zero-order valence-electron chi connectivity index (χ0n) is 12.9. The van der Waals surface area contributed by atoms with Crippen LogP contribution in [0.15, 0.2) is 4.47 Å². The Kier molecular flexibility index (Phi) is 8.36. The Balaban J connectivity index is 2.46. The fourth-order valence-corrected chi connectivity index (χ4v) is 3.84. The Bertz CT molecular complexity index is 465. The highest BCUT2D eigenvalue weighted by Gasteiger charge is 2.16. The first-order chi connectivity index (χ1) is 10.0. The van der Waals surface area contributed by atoms with E-state index in [0.717, 1.165) is 34.6 Å². The van der Waals surface area contributed by atoms with Crippen molar-refractivity contribution in [2.75, 3.05) is 12.4 Å². The second-order valence-electron chi connectivity index (χ2n) is 4.58. The maximum absolute atomic E-state index is 11.4. The average Bonchev–Trinajstić information content (AvgIpc) is 2.79. The first-order valence-electron chi connectivity index (χ1n) is 7.29. The van der Waals surface area contributed by atoms with Crippen molar-refractivity contribution in [1.29, 1.82) is 0 Å². The molecule has 0 saturated heterocycles. The number of aromatic nitrogens is 2. The van der Waals surface area contributed by atoms with Gasteiger partial charge in [0, 0.05) is 12.3 Å². The lowest BCUT2D eigenvalue weighted by Crippen LogP contribution is -2.32. The molecule has 0 radical (unpaired) electrons. The van der Waals surface area contributed by atoms with Gasteiger partial charge in [0.1, 0.15) is 6.04 Å². The smallest absolute Gasteiger partial charge is 0.322 e. The van der Waals surface area contributed by atoms with Crippen molar-refractivity contribution >= 4 is 33.7 Å². The minimum absolute atomic E-state index is 0.314. The number of carbonyl (C=O) groups is 1. The number of carbonyl (C=O) groups excluding carboxylic acids is 1. The lowest BCUT2D eigenvalue weighted by Gasteiger charge is -2.10. The number of thioether (sulfide) groups is 1. The summed E-state index contributed by atoms with van der Waals surface area (Å²) in [4.78, 5) is 11.4. The molecule has 1 aromatic rings. The standard InChI is InChI=1S/C14H24BrN3O2S/c1-4-11-13(15)12(18(5-2)17-11)9-21-8-7-10(16)14(19)20-6-3/h10H,4-9,16H2,1-3H3. The molecule has 120 valence electrons. The van der Waals surface area contributed by atoms with Crippen LogP contribution in [0.3, 0.4) is 0 Å². The van der Waals surface area contributed by atoms with Gasteiger partial charge in [0.25, 0.3) is 0 Å². The van der Waals surface area contributed by atoms with Crippen molar-refractivity contribution in [3.05, 3.63) is 15.9 Å². The Hall–Kier alpha value is -0.530. The molecule has 0 saturated carbocycles. The summed E-state index contributed by atoms with van der Waals surface area (Å²) in [5.74, 6) is 1.37. The number of hydrogen-bond donors (Lipinski definition) is 1. The lowest BCUT2D eigenvalue weighted by molar-refractivity contribution is -0.144. The molecule has 1 atom stereocenters. The van der Waals surface area contributed by atoms with E-state index in [1.807, 2.05) is 4.68 Å². The van der Waals surface area contributed by atoms with Gasteiger partial charge in [-0.3, -0.25) is 9.48 Å². The molecule has 5 nitrogen and oxygen atoms in total. The van der Waals surface area contributed by atoms with Gasteiger partial charge in [-0.1, -0.05) is 6.92 Å². The molecule has 1 unspecified atom stereocenters. The monoisotopic (exact) mass is 377 g/mol. The predicted molar refractivity (Wildman–Crippen MR) is 90.4 cm³/mol. The molecule has 0 aliphatic rings. The van der Waals surface area contributed by atoms with Crippen LogP contribution in [-0.2, 0) is 28.2 Å². The molecule has 7 heteroatoms. The van der Waals surface area contributed by atoms with Crippen molar-refractivity contribution in [3.8, 4) is 0 Å². The van der Waals surface area contributed by atoms with Crippen LogP contribution in [0.25, 0.3) is 0 Å². The topological polar surface area (TPSA) is 70.1 Å². The third-order valence-electron chi connectivity index (χ3n) is 3.10. The Morgan fingerprint density at radius 3 is 2.76 bits per heavy atom. The average molecular weight is 378 g/mol. The van der Waals surface area contributed by atoms with E-state index in [2.05, 4.69) is 34.9 Å². The summed E-state index contributed by atoms with van der Waals surface area (Å²) in [6.45, 7) is 7.21. The molecular weight excluding hydrogens is 354 g/mol. The summed E-state index contributed by atoms with van der Waals surface area (Å²) < 4.78 is 8.03. The summed E-state index contributed by atoms with van der Waals surface area (Å²) in [5.41, 5.74) is 8.07. The molecule has 0 amide bonds. The van der Waals surface area contributed by atoms with Gasteiger partial charge in [-0.05, 0) is 48.4 Å². The normalized spacial score (nSPS) is 12.4. The van der Waals surface area contributed by atoms with Crippen LogP contribution in [0.2, 0.25) is 0 Å². The minimum atomic E-state index is -0.525. The minimum Gasteiger partial charge on any atom is -0.465 e. The van der Waals surface area contributed by atoms with Crippen LogP contribution >= 0.6 is 27.7 Å². The van der Waals surface area contributed by atoms with Crippen LogP contribution < -0.4 is 5.73 Å². The number of nitrogens with zero attached hydrogens (tertiary/aromatic N) is 2. The van der Waals surface area contributed by atoms with Gasteiger partial charge in [-0.25, -0.2) is 0 Å². The van der Waals surface area contributed by atoms with Gasteiger partial charge in [-0.2, -0.15) is 16.9 Å². The third kappa shape index (κ3) is 5.30. The van der Waals surface area contributed by atoms with Crippen LogP contribution in [0.1, 0.15) is 38.6 Å². The largest absolute Gasteiger partial charge is 0.465 e. The van der Waals surface area contributed by atoms with Gasteiger partial charge >= 0.3 is 5.97 Å². The van der Waals surface area contributed by atoms with Crippen molar-refractivity contribution in [2.24, 2.45) is 5.73 Å². The summed E-state index contributed by atoms with van der Waals surface area (Å²) in [6.07, 6.45) is 1.54. The molecule has 0 fully saturated rings. The molecule has 21 heavy (non-hydrogen) atoms. The molecule has 1 heterocycles. The van der Waals surface area contributed by atoms with Gasteiger partial charge in [0.15, 0.2) is 0 Å². The highest BCUT2D eigenvalue weighted by molar-refractivity contribution is 9.10. The fourth-order valence-electron chi connectivity index (χ4n) is 1.90. The Labute approximate surface area is 139 Å². The van der Waals surface area contributed by atoms with Crippen LogP contribution in [0.4, 0.5) is 0 Å². The van der Waals surface area contributed by atoms with E-state index in [-0.39, 0.29) is 5.97 Å².